The van der Waals surface area contributed by atoms with Gasteiger partial charge < -0.3 is 9.47 Å². The molecule has 0 atom stereocenters. The molecule has 0 bridgehead atoms. The summed E-state index contributed by atoms with van der Waals surface area (Å²) in [6, 6.07) is 11.2. The summed E-state index contributed by atoms with van der Waals surface area (Å²) in [5.41, 5.74) is 2.84. The van der Waals surface area contributed by atoms with E-state index in [1.54, 1.807) is 42.0 Å². The summed E-state index contributed by atoms with van der Waals surface area (Å²) in [6.45, 7) is 0. The van der Waals surface area contributed by atoms with Gasteiger partial charge in [0.05, 0.1) is 19.0 Å². The number of amides is 1. The molecule has 1 amide bonds. The molecule has 1 heterocycles. The molecular weight excluding hydrogens is 327 g/mol. The van der Waals surface area contributed by atoms with Crippen LogP contribution in [-0.2, 0) is 11.2 Å². The van der Waals surface area contributed by atoms with E-state index in [-0.39, 0.29) is 12.2 Å². The minimum absolute atomic E-state index is 0.0555. The minimum Gasteiger partial charge on any atom is -0.494 e. The summed E-state index contributed by atoms with van der Waals surface area (Å²) in [5.74, 6) is 0.0874. The lowest BCUT2D eigenvalue weighted by molar-refractivity contribution is -0.128. The fraction of sp³-hybridized carbons (Fsp3) is 0.111. The lowest BCUT2D eigenvalue weighted by atomic mass is 10.1. The Kier molecular flexibility index (Phi) is 4.76. The highest BCUT2D eigenvalue weighted by Crippen LogP contribution is 2.32. The van der Waals surface area contributed by atoms with Crippen molar-refractivity contribution >= 4 is 16.8 Å². The number of hydrogen-bond acceptors (Lipinski definition) is 5. The van der Waals surface area contributed by atoms with Crippen molar-refractivity contribution in [1.29, 1.82) is 0 Å². The number of carbonyl (C=O) groups is 1. The molecule has 0 saturated heterocycles. The molecule has 3 aromatic rings. The smallest absolute Gasteiger partial charge is 0.247 e. The monoisotopic (exact) mass is 342 g/mol. The van der Waals surface area contributed by atoms with Crippen LogP contribution in [0.3, 0.4) is 0 Å². The predicted molar refractivity (Wildman–Crippen MR) is 88.4 cm³/mol. The van der Waals surface area contributed by atoms with Crippen LogP contribution in [-0.4, -0.2) is 23.2 Å². The molecule has 0 unspecified atom stereocenters. The number of nitrogens with zero attached hydrogens (tertiary/aromatic N) is 1. The van der Waals surface area contributed by atoms with E-state index in [9.17, 15) is 9.18 Å². The Morgan fingerprint density at radius 3 is 2.64 bits per heavy atom. The number of carbonyl (C=O) groups excluding carboxylic acids is 1. The molecule has 0 aliphatic heterocycles. The Bertz CT molecular complexity index is 913. The molecule has 3 rings (SSSR count). The van der Waals surface area contributed by atoms with E-state index in [1.807, 2.05) is 0 Å². The lowest BCUT2D eigenvalue weighted by Crippen LogP contribution is -2.20. The van der Waals surface area contributed by atoms with Crippen LogP contribution >= 0.6 is 0 Å². The summed E-state index contributed by atoms with van der Waals surface area (Å²) in [5, 5.41) is 9.05. The molecule has 2 N–H and O–H groups in total. The first kappa shape index (κ1) is 16.7. The highest BCUT2D eigenvalue weighted by Gasteiger charge is 2.11. The van der Waals surface area contributed by atoms with Gasteiger partial charge >= 0.3 is 0 Å². The van der Waals surface area contributed by atoms with Crippen LogP contribution in [0.1, 0.15) is 5.56 Å². The van der Waals surface area contributed by atoms with Crippen LogP contribution in [0, 0.1) is 5.82 Å². The van der Waals surface area contributed by atoms with Crippen LogP contribution in [0.5, 0.6) is 17.2 Å². The largest absolute Gasteiger partial charge is 0.494 e. The first-order valence-corrected chi connectivity index (χ1v) is 7.42. The third kappa shape index (κ3) is 3.67. The summed E-state index contributed by atoms with van der Waals surface area (Å²) < 4.78 is 24.7. The van der Waals surface area contributed by atoms with Gasteiger partial charge in [0, 0.05) is 17.6 Å². The summed E-state index contributed by atoms with van der Waals surface area (Å²) in [4.78, 5) is 15.3. The molecule has 25 heavy (non-hydrogen) atoms. The van der Waals surface area contributed by atoms with Crippen molar-refractivity contribution in [2.24, 2.45) is 0 Å². The molecule has 0 radical (unpaired) electrons. The number of rotatable bonds is 5. The number of pyridine rings is 1. The van der Waals surface area contributed by atoms with Gasteiger partial charge in [-0.15, -0.1) is 0 Å². The number of nitrogens with one attached hydrogen (secondary N) is 1. The van der Waals surface area contributed by atoms with Crippen molar-refractivity contribution in [3.63, 3.8) is 0 Å². The molecule has 0 saturated carbocycles. The van der Waals surface area contributed by atoms with Crippen molar-refractivity contribution < 1.29 is 23.9 Å². The van der Waals surface area contributed by atoms with Gasteiger partial charge in [0.25, 0.3) is 0 Å². The lowest BCUT2D eigenvalue weighted by Gasteiger charge is -2.10. The maximum atomic E-state index is 14.0. The predicted octanol–water partition coefficient (Wildman–Crippen LogP) is 3.22. The van der Waals surface area contributed by atoms with Crippen LogP contribution in [0.25, 0.3) is 10.9 Å². The average molecular weight is 342 g/mol. The highest BCUT2D eigenvalue weighted by atomic mass is 19.1. The van der Waals surface area contributed by atoms with Crippen molar-refractivity contribution in [3.8, 4) is 17.2 Å². The van der Waals surface area contributed by atoms with Gasteiger partial charge in [-0.05, 0) is 29.8 Å². The van der Waals surface area contributed by atoms with Gasteiger partial charge in [-0.1, -0.05) is 12.1 Å². The zero-order valence-corrected chi connectivity index (χ0v) is 13.3. The van der Waals surface area contributed by atoms with Gasteiger partial charge in [-0.25, -0.2) is 9.87 Å². The summed E-state index contributed by atoms with van der Waals surface area (Å²) >= 11 is 0. The quantitative estimate of drug-likeness (QED) is 0.550. The second-order valence-electron chi connectivity index (χ2n) is 5.27. The zero-order chi connectivity index (χ0) is 17.8. The SMILES string of the molecule is COc1cc2nccc(Oc3ccc(CC(=O)NO)cc3)c2cc1F. The number of halogens is 1. The summed E-state index contributed by atoms with van der Waals surface area (Å²) in [7, 11) is 1.39. The number of fused-ring (bicyclic) bond motifs is 1. The Labute approximate surface area is 142 Å². The first-order chi connectivity index (χ1) is 12.1. The standard InChI is InChI=1S/C18H15FN2O4/c1-24-17-10-15-13(9-14(17)19)16(6-7-20-15)25-12-4-2-11(3-5-12)8-18(22)21-23/h2-7,9-10,23H,8H2,1H3,(H,21,22). The van der Waals surface area contributed by atoms with Crippen LogP contribution < -0.4 is 15.0 Å². The Morgan fingerprint density at radius 1 is 1.20 bits per heavy atom. The van der Waals surface area contributed by atoms with Crippen LogP contribution in [0.4, 0.5) is 4.39 Å². The molecular formula is C18H15FN2O4. The molecule has 0 aliphatic carbocycles. The van der Waals surface area contributed by atoms with Gasteiger partial charge in [0.15, 0.2) is 11.6 Å². The maximum absolute atomic E-state index is 14.0. The molecule has 1 aromatic heterocycles. The summed E-state index contributed by atoms with van der Waals surface area (Å²) in [6.07, 6.45) is 1.62. The fourth-order valence-corrected chi connectivity index (χ4v) is 2.39. The Balaban J connectivity index is 1.87. The third-order valence-corrected chi connectivity index (χ3v) is 3.62. The highest BCUT2D eigenvalue weighted by molar-refractivity contribution is 5.86. The van der Waals surface area contributed by atoms with Gasteiger partial charge in [-0.3, -0.25) is 15.0 Å². The number of hydroxylamine groups is 1. The second-order valence-corrected chi connectivity index (χ2v) is 5.27. The maximum Gasteiger partial charge on any atom is 0.247 e. The van der Waals surface area contributed by atoms with Gasteiger partial charge in [0.1, 0.15) is 11.5 Å². The van der Waals surface area contributed by atoms with Crippen molar-refractivity contribution in [1.82, 2.24) is 10.5 Å². The van der Waals surface area contributed by atoms with Gasteiger partial charge in [-0.2, -0.15) is 0 Å². The third-order valence-electron chi connectivity index (χ3n) is 3.62. The van der Waals surface area contributed by atoms with E-state index in [1.165, 1.54) is 19.2 Å². The topological polar surface area (TPSA) is 80.7 Å². The number of ether oxygens (including phenoxy) is 2. The normalized spacial score (nSPS) is 10.5. The van der Waals surface area contributed by atoms with E-state index in [0.29, 0.717) is 28.0 Å². The van der Waals surface area contributed by atoms with Crippen molar-refractivity contribution in [2.45, 2.75) is 6.42 Å². The molecule has 2 aromatic carbocycles. The van der Waals surface area contributed by atoms with E-state index in [4.69, 9.17) is 14.7 Å². The van der Waals surface area contributed by atoms with Crippen molar-refractivity contribution in [3.05, 3.63) is 60.0 Å². The Morgan fingerprint density at radius 2 is 1.96 bits per heavy atom. The van der Waals surface area contributed by atoms with Gasteiger partial charge in [0.2, 0.25) is 5.91 Å². The van der Waals surface area contributed by atoms with E-state index < -0.39 is 11.7 Å². The molecule has 0 spiro atoms. The average Bonchev–Trinajstić information content (AvgIpc) is 2.63. The second kappa shape index (κ2) is 7.14. The zero-order valence-electron chi connectivity index (χ0n) is 13.3. The molecule has 0 aliphatic rings. The molecule has 128 valence electrons. The number of hydrogen-bond donors (Lipinski definition) is 2. The first-order valence-electron chi connectivity index (χ1n) is 7.42. The van der Waals surface area contributed by atoms with Crippen molar-refractivity contribution in [2.75, 3.05) is 7.11 Å². The van der Waals surface area contributed by atoms with Crippen LogP contribution in [0.15, 0.2) is 48.7 Å². The molecule has 7 heteroatoms. The fourth-order valence-electron chi connectivity index (χ4n) is 2.39. The molecule has 0 fully saturated rings. The number of aromatic nitrogens is 1. The number of benzene rings is 2. The number of methoxy groups -OCH3 is 1. The van der Waals surface area contributed by atoms with E-state index in [2.05, 4.69) is 4.98 Å². The van der Waals surface area contributed by atoms with Crippen LogP contribution in [0.2, 0.25) is 0 Å². The van der Waals surface area contributed by atoms with E-state index in [0.717, 1.165) is 0 Å². The minimum atomic E-state index is -0.502. The van der Waals surface area contributed by atoms with E-state index >= 15 is 0 Å². The molecule has 6 nitrogen and oxygen atoms in total. The Hall–Kier alpha value is -3.19.